The molecule has 0 aliphatic carbocycles. The molecule has 0 saturated heterocycles. The summed E-state index contributed by atoms with van der Waals surface area (Å²) in [6.45, 7) is 6.47. The highest BCUT2D eigenvalue weighted by molar-refractivity contribution is 5.82. The van der Waals surface area contributed by atoms with Gasteiger partial charge >= 0.3 is 0 Å². The van der Waals surface area contributed by atoms with Gasteiger partial charge in [0.2, 0.25) is 5.91 Å². The van der Waals surface area contributed by atoms with Crippen LogP contribution in [-0.4, -0.2) is 37.5 Å². The number of benzene rings is 1. The van der Waals surface area contributed by atoms with E-state index in [4.69, 9.17) is 5.73 Å². The summed E-state index contributed by atoms with van der Waals surface area (Å²) in [6.07, 6.45) is 0. The second-order valence-corrected chi connectivity index (χ2v) is 6.48. The topological polar surface area (TPSA) is 58.4 Å². The fraction of sp³-hybridized carbons (Fsp3) is 0.562. The second kappa shape index (κ2) is 6.86. The third-order valence-corrected chi connectivity index (χ3v) is 3.49. The zero-order valence-electron chi connectivity index (χ0n) is 13.2. The van der Waals surface area contributed by atoms with Crippen LogP contribution in [0.3, 0.4) is 0 Å². The van der Waals surface area contributed by atoms with Crippen LogP contribution in [0.4, 0.5) is 0 Å². The molecular weight excluding hydrogens is 250 g/mol. The van der Waals surface area contributed by atoms with Gasteiger partial charge < -0.3 is 16.0 Å². The largest absolute Gasteiger partial charge is 0.353 e. The highest BCUT2D eigenvalue weighted by Crippen LogP contribution is 2.19. The summed E-state index contributed by atoms with van der Waals surface area (Å²) in [7, 11) is 4.01. The lowest BCUT2D eigenvalue weighted by molar-refractivity contribution is -0.124. The van der Waals surface area contributed by atoms with Crippen LogP contribution < -0.4 is 11.1 Å². The number of nitrogens with zero attached hydrogens (tertiary/aromatic N) is 1. The summed E-state index contributed by atoms with van der Waals surface area (Å²) in [4.78, 5) is 14.2. The minimum absolute atomic E-state index is 0.0970. The monoisotopic (exact) mass is 277 g/mol. The van der Waals surface area contributed by atoms with E-state index in [1.807, 2.05) is 53.1 Å². The van der Waals surface area contributed by atoms with Crippen molar-refractivity contribution in [1.29, 1.82) is 0 Å². The predicted octanol–water partition coefficient (Wildman–Crippen LogP) is 1.78. The Bertz CT molecular complexity index is 423. The number of rotatable bonds is 5. The van der Waals surface area contributed by atoms with Crippen molar-refractivity contribution in [2.45, 2.75) is 32.9 Å². The van der Waals surface area contributed by atoms with Gasteiger partial charge in [0.15, 0.2) is 0 Å². The Balaban J connectivity index is 2.68. The molecule has 0 heterocycles. The van der Waals surface area contributed by atoms with Crippen LogP contribution in [0.1, 0.15) is 32.4 Å². The summed E-state index contributed by atoms with van der Waals surface area (Å²) >= 11 is 0. The normalized spacial score (nSPS) is 14.9. The van der Waals surface area contributed by atoms with Gasteiger partial charge in [-0.2, -0.15) is 0 Å². The maximum absolute atomic E-state index is 12.1. The lowest BCUT2D eigenvalue weighted by Crippen LogP contribution is -2.50. The van der Waals surface area contributed by atoms with E-state index < -0.39 is 6.04 Å². The Morgan fingerprint density at radius 3 is 2.25 bits per heavy atom. The van der Waals surface area contributed by atoms with Crippen molar-refractivity contribution in [2.75, 3.05) is 20.6 Å². The molecular formula is C16H27N3O. The van der Waals surface area contributed by atoms with Crippen LogP contribution in [0.2, 0.25) is 0 Å². The van der Waals surface area contributed by atoms with Crippen molar-refractivity contribution in [2.24, 2.45) is 11.1 Å². The molecule has 1 aromatic rings. The Kier molecular flexibility index (Phi) is 5.72. The van der Waals surface area contributed by atoms with Gasteiger partial charge in [-0.15, -0.1) is 0 Å². The highest BCUT2D eigenvalue weighted by atomic mass is 16.2. The van der Waals surface area contributed by atoms with E-state index in [0.29, 0.717) is 6.54 Å². The molecule has 4 nitrogen and oxygen atoms in total. The van der Waals surface area contributed by atoms with E-state index in [0.717, 1.165) is 0 Å². The first-order valence-corrected chi connectivity index (χ1v) is 6.98. The molecule has 112 valence electrons. The van der Waals surface area contributed by atoms with E-state index in [-0.39, 0.29) is 17.4 Å². The molecule has 0 aliphatic rings. The van der Waals surface area contributed by atoms with Gasteiger partial charge in [0.05, 0.1) is 12.1 Å². The fourth-order valence-corrected chi connectivity index (χ4v) is 1.97. The van der Waals surface area contributed by atoms with E-state index in [2.05, 4.69) is 22.3 Å². The summed E-state index contributed by atoms with van der Waals surface area (Å²) in [5.74, 6) is -0.0970. The lowest BCUT2D eigenvalue weighted by atomic mass is 9.87. The average Bonchev–Trinajstić information content (AvgIpc) is 2.37. The van der Waals surface area contributed by atoms with Gasteiger partial charge in [-0.05, 0) is 25.1 Å². The van der Waals surface area contributed by atoms with Crippen LogP contribution in [-0.2, 0) is 4.79 Å². The molecule has 4 heteroatoms. The molecule has 0 fully saturated rings. The number of hydrogen-bond donors (Lipinski definition) is 2. The van der Waals surface area contributed by atoms with Crippen molar-refractivity contribution >= 4 is 5.91 Å². The number of carbonyl (C=O) groups excluding carboxylic acids is 1. The number of nitrogens with one attached hydrogen (secondary N) is 1. The molecule has 0 radical (unpaired) electrons. The zero-order valence-corrected chi connectivity index (χ0v) is 13.2. The second-order valence-electron chi connectivity index (χ2n) is 6.48. The molecule has 1 unspecified atom stereocenters. The first-order valence-electron chi connectivity index (χ1n) is 6.98. The van der Waals surface area contributed by atoms with Gasteiger partial charge in [-0.3, -0.25) is 4.79 Å². The van der Waals surface area contributed by atoms with Crippen LogP contribution in [0.15, 0.2) is 30.3 Å². The van der Waals surface area contributed by atoms with Gasteiger partial charge in [-0.1, -0.05) is 51.1 Å². The van der Waals surface area contributed by atoms with E-state index in [1.54, 1.807) is 0 Å². The maximum atomic E-state index is 12.1. The van der Waals surface area contributed by atoms with Crippen LogP contribution in [0.25, 0.3) is 0 Å². The van der Waals surface area contributed by atoms with Crippen LogP contribution in [0, 0.1) is 5.41 Å². The Labute approximate surface area is 122 Å². The Morgan fingerprint density at radius 2 is 1.80 bits per heavy atom. The van der Waals surface area contributed by atoms with Crippen molar-refractivity contribution in [1.82, 2.24) is 10.2 Å². The molecule has 20 heavy (non-hydrogen) atoms. The number of likely N-dealkylation sites (N-methyl/N-ethyl adjacent to an activating group) is 1. The quantitative estimate of drug-likeness (QED) is 0.862. The van der Waals surface area contributed by atoms with E-state index >= 15 is 0 Å². The minimum Gasteiger partial charge on any atom is -0.353 e. The summed E-state index contributed by atoms with van der Waals surface area (Å²) in [6, 6.07) is 9.79. The number of amides is 1. The van der Waals surface area contributed by atoms with Crippen molar-refractivity contribution in [3.05, 3.63) is 35.9 Å². The molecule has 0 bridgehead atoms. The number of carbonyl (C=O) groups is 1. The predicted molar refractivity (Wildman–Crippen MR) is 83.3 cm³/mol. The Morgan fingerprint density at radius 1 is 1.25 bits per heavy atom. The van der Waals surface area contributed by atoms with Gasteiger partial charge in [-0.25, -0.2) is 0 Å². The first kappa shape index (κ1) is 16.7. The van der Waals surface area contributed by atoms with Gasteiger partial charge in [0, 0.05) is 6.54 Å². The number of nitrogens with two attached hydrogens (primary N) is 1. The van der Waals surface area contributed by atoms with Crippen molar-refractivity contribution in [3.8, 4) is 0 Å². The van der Waals surface area contributed by atoms with Gasteiger partial charge in [0.1, 0.15) is 0 Å². The molecule has 2 atom stereocenters. The molecule has 0 aromatic heterocycles. The van der Waals surface area contributed by atoms with E-state index in [1.165, 1.54) is 5.56 Å². The molecule has 0 aliphatic heterocycles. The third kappa shape index (κ3) is 4.62. The lowest BCUT2D eigenvalue weighted by Gasteiger charge is -2.29. The summed E-state index contributed by atoms with van der Waals surface area (Å²) in [5.41, 5.74) is 6.92. The summed E-state index contributed by atoms with van der Waals surface area (Å²) < 4.78 is 0. The van der Waals surface area contributed by atoms with Crippen LogP contribution >= 0.6 is 0 Å². The Hall–Kier alpha value is -1.39. The molecule has 0 saturated carbocycles. The molecule has 1 amide bonds. The molecule has 1 aromatic carbocycles. The SMILES string of the molecule is CN(C)C(CNC(=O)[C@@H](N)C(C)(C)C)c1ccccc1. The minimum atomic E-state index is -0.499. The maximum Gasteiger partial charge on any atom is 0.237 e. The standard InChI is InChI=1S/C16H27N3O/c1-16(2,3)14(17)15(20)18-11-13(19(4)5)12-9-7-6-8-10-12/h6-10,13-14H,11,17H2,1-5H3,(H,18,20)/t13?,14-/m1/s1. The average molecular weight is 277 g/mol. The van der Waals surface area contributed by atoms with Crippen molar-refractivity contribution < 1.29 is 4.79 Å². The molecule has 0 spiro atoms. The van der Waals surface area contributed by atoms with Crippen LogP contribution in [0.5, 0.6) is 0 Å². The molecule has 1 rings (SSSR count). The smallest absolute Gasteiger partial charge is 0.237 e. The van der Waals surface area contributed by atoms with E-state index in [9.17, 15) is 4.79 Å². The zero-order chi connectivity index (χ0) is 15.3. The van der Waals surface area contributed by atoms with Crippen molar-refractivity contribution in [3.63, 3.8) is 0 Å². The van der Waals surface area contributed by atoms with Gasteiger partial charge in [0.25, 0.3) is 0 Å². The third-order valence-electron chi connectivity index (χ3n) is 3.49. The fourth-order valence-electron chi connectivity index (χ4n) is 1.97. The first-order chi connectivity index (χ1) is 9.23. The number of hydrogen-bond acceptors (Lipinski definition) is 3. The molecule has 3 N–H and O–H groups in total. The summed E-state index contributed by atoms with van der Waals surface area (Å²) in [5, 5.41) is 2.96. The highest BCUT2D eigenvalue weighted by Gasteiger charge is 2.28.